The molecule has 6 heteroatoms. The first-order valence-corrected chi connectivity index (χ1v) is 11.7. The summed E-state index contributed by atoms with van der Waals surface area (Å²) in [5.74, 6) is 2.34. The van der Waals surface area contributed by atoms with Gasteiger partial charge in [0.1, 0.15) is 5.75 Å². The van der Waals surface area contributed by atoms with Gasteiger partial charge in [-0.25, -0.2) is 0 Å². The number of likely N-dealkylation sites (N-methyl/N-ethyl adjacent to an activating group) is 1. The Morgan fingerprint density at radius 2 is 1.60 bits per heavy atom. The van der Waals surface area contributed by atoms with Crippen LogP contribution >= 0.6 is 0 Å². The van der Waals surface area contributed by atoms with Gasteiger partial charge < -0.3 is 24.1 Å². The van der Waals surface area contributed by atoms with Crippen molar-refractivity contribution in [1.29, 1.82) is 0 Å². The minimum absolute atomic E-state index is 0.122. The maximum Gasteiger partial charge on any atom is 0.222 e. The van der Waals surface area contributed by atoms with E-state index < -0.39 is 0 Å². The molecule has 0 fully saturated rings. The lowest BCUT2D eigenvalue weighted by Crippen LogP contribution is -2.29. The van der Waals surface area contributed by atoms with Crippen molar-refractivity contribution in [2.24, 2.45) is 0 Å². The van der Waals surface area contributed by atoms with Crippen LogP contribution in [0.4, 0.5) is 0 Å². The maximum atomic E-state index is 13.0. The first-order chi connectivity index (χ1) is 17.0. The molecule has 0 saturated heterocycles. The van der Waals surface area contributed by atoms with Crippen LogP contribution in [0.25, 0.3) is 22.2 Å². The second kappa shape index (κ2) is 11.0. The van der Waals surface area contributed by atoms with Crippen molar-refractivity contribution < 1.29 is 19.0 Å². The number of rotatable bonds is 10. The van der Waals surface area contributed by atoms with Gasteiger partial charge in [0.25, 0.3) is 0 Å². The summed E-state index contributed by atoms with van der Waals surface area (Å²) < 4.78 is 16.0. The highest BCUT2D eigenvalue weighted by Gasteiger charge is 2.16. The lowest BCUT2D eigenvalue weighted by Gasteiger charge is -2.18. The van der Waals surface area contributed by atoms with E-state index in [1.54, 1.807) is 26.2 Å². The fraction of sp³-hybridized carbons (Fsp3) is 0.276. The Morgan fingerprint density at radius 1 is 0.857 bits per heavy atom. The van der Waals surface area contributed by atoms with Crippen LogP contribution in [0.2, 0.25) is 0 Å². The quantitative estimate of drug-likeness (QED) is 0.331. The topological polar surface area (TPSA) is 63.8 Å². The summed E-state index contributed by atoms with van der Waals surface area (Å²) in [5, 5.41) is 1.15. The first-order valence-electron chi connectivity index (χ1n) is 11.7. The molecule has 0 spiro atoms. The number of amides is 1. The highest BCUT2D eigenvalue weighted by Crippen LogP contribution is 2.32. The van der Waals surface area contributed by atoms with E-state index in [2.05, 4.69) is 17.1 Å². The molecule has 0 aliphatic carbocycles. The molecule has 1 amide bonds. The van der Waals surface area contributed by atoms with E-state index in [0.717, 1.165) is 45.5 Å². The predicted octanol–water partition coefficient (Wildman–Crippen LogP) is 5.49. The largest absolute Gasteiger partial charge is 0.497 e. The molecule has 35 heavy (non-hydrogen) atoms. The lowest BCUT2D eigenvalue weighted by molar-refractivity contribution is -0.129. The number of carbonyl (C=O) groups is 1. The van der Waals surface area contributed by atoms with E-state index in [1.807, 2.05) is 61.6 Å². The second-order valence-electron chi connectivity index (χ2n) is 8.51. The number of ether oxygens (including phenoxy) is 3. The van der Waals surface area contributed by atoms with Gasteiger partial charge >= 0.3 is 0 Å². The smallest absolute Gasteiger partial charge is 0.222 e. The highest BCUT2D eigenvalue weighted by atomic mass is 16.5. The number of para-hydroxylation sites is 1. The molecule has 0 aliphatic heterocycles. The number of fused-ring (bicyclic) bond motifs is 1. The van der Waals surface area contributed by atoms with Gasteiger partial charge in [0.15, 0.2) is 11.5 Å². The summed E-state index contributed by atoms with van der Waals surface area (Å²) in [6.07, 6.45) is 1.84. The zero-order valence-corrected chi connectivity index (χ0v) is 20.8. The summed E-state index contributed by atoms with van der Waals surface area (Å²) in [6, 6.07) is 22.1. The van der Waals surface area contributed by atoms with Crippen LogP contribution in [0.15, 0.2) is 66.7 Å². The Hall–Kier alpha value is -3.93. The number of methoxy groups -OCH3 is 3. The molecule has 4 rings (SSSR count). The number of carbonyl (C=O) groups excluding carboxylic acids is 1. The fourth-order valence-corrected chi connectivity index (χ4v) is 4.34. The Bertz CT molecular complexity index is 1290. The SMILES string of the molecule is COc1ccc(-c2[nH]c3ccccc3c2CCC(=O)N(C)CCc2ccc(OC)c(OC)c2)cc1. The number of H-pyrrole nitrogens is 1. The molecule has 0 saturated carbocycles. The zero-order chi connectivity index (χ0) is 24.8. The van der Waals surface area contributed by atoms with E-state index in [1.165, 1.54) is 0 Å². The van der Waals surface area contributed by atoms with Crippen LogP contribution in [0.5, 0.6) is 17.2 Å². The molecule has 0 aliphatic rings. The molecule has 1 N–H and O–H groups in total. The molecular weight excluding hydrogens is 440 g/mol. The van der Waals surface area contributed by atoms with Gasteiger partial charge in [-0.3, -0.25) is 4.79 Å². The molecule has 4 aromatic rings. The molecule has 0 atom stereocenters. The van der Waals surface area contributed by atoms with Gasteiger partial charge in [-0.1, -0.05) is 24.3 Å². The number of benzene rings is 3. The number of aromatic nitrogens is 1. The average molecular weight is 473 g/mol. The zero-order valence-electron chi connectivity index (χ0n) is 20.8. The number of nitrogens with zero attached hydrogens (tertiary/aromatic N) is 1. The van der Waals surface area contributed by atoms with Gasteiger partial charge in [0.2, 0.25) is 5.91 Å². The van der Waals surface area contributed by atoms with Gasteiger partial charge in [-0.15, -0.1) is 0 Å². The van der Waals surface area contributed by atoms with Crippen molar-refractivity contribution in [3.8, 4) is 28.5 Å². The Balaban J connectivity index is 1.45. The van der Waals surface area contributed by atoms with Gasteiger partial charge in [-0.2, -0.15) is 0 Å². The van der Waals surface area contributed by atoms with Crippen molar-refractivity contribution in [3.63, 3.8) is 0 Å². The third-order valence-corrected chi connectivity index (χ3v) is 6.39. The van der Waals surface area contributed by atoms with Crippen LogP contribution in [0, 0.1) is 0 Å². The predicted molar refractivity (Wildman–Crippen MR) is 139 cm³/mol. The summed E-state index contributed by atoms with van der Waals surface area (Å²) in [5.41, 5.74) is 5.46. The molecule has 0 bridgehead atoms. The highest BCUT2D eigenvalue weighted by molar-refractivity contribution is 5.91. The molecule has 0 radical (unpaired) electrons. The minimum Gasteiger partial charge on any atom is -0.497 e. The third-order valence-electron chi connectivity index (χ3n) is 6.39. The van der Waals surface area contributed by atoms with E-state index in [9.17, 15) is 4.79 Å². The van der Waals surface area contributed by atoms with Crippen molar-refractivity contribution in [2.45, 2.75) is 19.3 Å². The first kappa shape index (κ1) is 24.2. The number of aryl methyl sites for hydroxylation is 1. The van der Waals surface area contributed by atoms with Crippen molar-refractivity contribution >= 4 is 16.8 Å². The molecular formula is C29H32N2O4. The second-order valence-corrected chi connectivity index (χ2v) is 8.51. The van der Waals surface area contributed by atoms with Crippen molar-refractivity contribution in [2.75, 3.05) is 34.9 Å². The number of hydrogen-bond acceptors (Lipinski definition) is 4. The van der Waals surface area contributed by atoms with Crippen molar-refractivity contribution in [1.82, 2.24) is 9.88 Å². The number of nitrogens with one attached hydrogen (secondary N) is 1. The Labute approximate surface area is 206 Å². The Kier molecular flexibility index (Phi) is 7.60. The monoisotopic (exact) mass is 472 g/mol. The molecule has 3 aromatic carbocycles. The lowest BCUT2D eigenvalue weighted by atomic mass is 10.0. The van der Waals surface area contributed by atoms with Crippen LogP contribution in [0.3, 0.4) is 0 Å². The van der Waals surface area contributed by atoms with Crippen LogP contribution in [-0.4, -0.2) is 50.7 Å². The standard InChI is InChI=1S/C29H32N2O4/c1-31(18-17-20-9-15-26(34-3)27(19-20)35-4)28(32)16-14-24-23-7-5-6-8-25(23)30-29(24)21-10-12-22(33-2)13-11-21/h5-13,15,19,30H,14,16-18H2,1-4H3. The summed E-state index contributed by atoms with van der Waals surface area (Å²) in [6.45, 7) is 0.632. The molecule has 6 nitrogen and oxygen atoms in total. The van der Waals surface area contributed by atoms with E-state index in [0.29, 0.717) is 30.9 Å². The maximum absolute atomic E-state index is 13.0. The summed E-state index contributed by atoms with van der Waals surface area (Å²) in [4.78, 5) is 18.4. The van der Waals surface area contributed by atoms with Crippen LogP contribution in [-0.2, 0) is 17.6 Å². The van der Waals surface area contributed by atoms with Crippen molar-refractivity contribution in [3.05, 3.63) is 77.9 Å². The van der Waals surface area contributed by atoms with E-state index >= 15 is 0 Å². The van der Waals surface area contributed by atoms with Crippen LogP contribution < -0.4 is 14.2 Å². The molecule has 1 heterocycles. The number of aromatic amines is 1. The molecule has 182 valence electrons. The fourth-order valence-electron chi connectivity index (χ4n) is 4.34. The van der Waals surface area contributed by atoms with E-state index in [-0.39, 0.29) is 5.91 Å². The van der Waals surface area contributed by atoms with Crippen LogP contribution in [0.1, 0.15) is 17.5 Å². The van der Waals surface area contributed by atoms with Gasteiger partial charge in [0, 0.05) is 36.6 Å². The average Bonchev–Trinajstić information content (AvgIpc) is 3.28. The molecule has 1 aromatic heterocycles. The minimum atomic E-state index is 0.122. The van der Waals surface area contributed by atoms with E-state index in [4.69, 9.17) is 14.2 Å². The molecule has 0 unspecified atom stereocenters. The summed E-state index contributed by atoms with van der Waals surface area (Å²) >= 11 is 0. The van der Waals surface area contributed by atoms with Gasteiger partial charge in [-0.05, 0) is 72.0 Å². The Morgan fingerprint density at radius 3 is 2.31 bits per heavy atom. The third kappa shape index (κ3) is 5.43. The normalized spacial score (nSPS) is 10.9. The number of hydrogen-bond donors (Lipinski definition) is 1. The van der Waals surface area contributed by atoms with Gasteiger partial charge in [0.05, 0.1) is 21.3 Å². The summed E-state index contributed by atoms with van der Waals surface area (Å²) in [7, 11) is 6.78.